The van der Waals surface area contributed by atoms with E-state index in [1.165, 1.54) is 28.3 Å². The van der Waals surface area contributed by atoms with E-state index in [2.05, 4.69) is 36.2 Å². The lowest BCUT2D eigenvalue weighted by atomic mass is 9.79. The Hall–Kier alpha value is -9.76. The molecule has 2 saturated heterocycles. The highest BCUT2D eigenvalue weighted by molar-refractivity contribution is 5.62. The fraction of sp³-hybridized carbons (Fsp3) is 0.304. The minimum absolute atomic E-state index is 0. The highest BCUT2D eigenvalue weighted by atomic mass is 16.7. The summed E-state index contributed by atoms with van der Waals surface area (Å²) in [5.41, 5.74) is 26.1. The Morgan fingerprint density at radius 2 is 0.815 bits per heavy atom. The number of fused-ring (bicyclic) bond motifs is 2. The van der Waals surface area contributed by atoms with Crippen molar-refractivity contribution in [2.75, 3.05) is 36.1 Å². The molecule has 0 bridgehead atoms. The van der Waals surface area contributed by atoms with Crippen LogP contribution in [0.4, 0.5) is 23.5 Å². The van der Waals surface area contributed by atoms with Gasteiger partial charge in [-0.2, -0.15) is 20.5 Å². The van der Waals surface area contributed by atoms with Crippen LogP contribution in [0.1, 0.15) is 80.4 Å². The maximum absolute atomic E-state index is 12.6. The van der Waals surface area contributed by atoms with Gasteiger partial charge in [0.2, 0.25) is 23.3 Å². The molecule has 8 atom stereocenters. The molecule has 0 aliphatic carbocycles. The number of hydrogen-bond donors (Lipinski definition) is 5. The Labute approximate surface area is 535 Å². The molecular formula is C69H78N14O9. The van der Waals surface area contributed by atoms with Crippen LogP contribution < -0.4 is 22.9 Å². The summed E-state index contributed by atoms with van der Waals surface area (Å²) in [6, 6.07) is 62.7. The van der Waals surface area contributed by atoms with Crippen molar-refractivity contribution in [2.45, 2.75) is 122 Å². The lowest BCUT2D eigenvalue weighted by Gasteiger charge is -2.39. The summed E-state index contributed by atoms with van der Waals surface area (Å²) < 4.78 is 54.8. The van der Waals surface area contributed by atoms with Gasteiger partial charge in [0.1, 0.15) is 47.5 Å². The first-order valence-electron chi connectivity index (χ1n) is 29.0. The number of anilines is 4. The fourth-order valence-corrected chi connectivity index (χ4v) is 11.1. The molecule has 92 heavy (non-hydrogen) atoms. The number of nitriles is 2. The standard InChI is InChI=1S/C33H33N7O4.C32H34N6O5.C2H3N.2CH4/c1-32(43-20-25-15-9-4-10-16-25)28(42-19-24-13-7-3-8-14-24)26(21-41-18-23-11-5-2-6-12-23)44-33(32,22-34)27-17-37-30-29(35)38-31(36)39-40(27)30;1-31(42-20-24-15-9-4-10-16-24)27(41-19-23-13-7-3-8-14-23)25(21-40-18-22-11-5-2-6-12-22)43-32(31,39)26-17-35-29-28(33)36-30(34)37-38(26)29;1-2-3;;/h2-17,26,28H,18-21H2,1H3,(H4,35,36,38,39);2-17,25,27,39H,18-21H2,1H3,(H4,33,34,36,37);1H3;2*1H4/t26-,28-,32-,33?;25-,27-,31-,32?;;;/m11.../s1. The molecule has 2 fully saturated rings. The molecule has 0 spiro atoms. The van der Waals surface area contributed by atoms with Gasteiger partial charge in [0, 0.05) is 6.92 Å². The van der Waals surface area contributed by atoms with Crippen molar-refractivity contribution in [3.05, 3.63) is 239 Å². The third-order valence-corrected chi connectivity index (χ3v) is 15.6. The fourth-order valence-electron chi connectivity index (χ4n) is 11.1. The lowest BCUT2D eigenvalue weighted by Crippen LogP contribution is -2.55. The molecule has 0 radical (unpaired) electrons. The normalized spacial score (nSPS) is 22.2. The number of nitrogen functional groups attached to an aromatic ring is 4. The van der Waals surface area contributed by atoms with E-state index in [9.17, 15) is 10.4 Å². The van der Waals surface area contributed by atoms with Crippen LogP contribution in [0.15, 0.2) is 194 Å². The number of nitrogens with zero attached hydrogens (tertiary/aromatic N) is 10. The summed E-state index contributed by atoms with van der Waals surface area (Å²) in [5.74, 6) is -2.14. The largest absolute Gasteiger partial charge is 0.380 e. The van der Waals surface area contributed by atoms with Crippen molar-refractivity contribution >= 4 is 34.8 Å². The number of aromatic nitrogens is 8. The first-order valence-corrected chi connectivity index (χ1v) is 29.0. The Morgan fingerprint density at radius 3 is 1.21 bits per heavy atom. The average Bonchev–Trinajstić information content (AvgIpc) is 1.55. The first kappa shape index (κ1) is 68.2. The van der Waals surface area contributed by atoms with Crippen LogP contribution in [0.5, 0.6) is 0 Å². The zero-order chi connectivity index (χ0) is 63.1. The Morgan fingerprint density at radius 1 is 0.489 bits per heavy atom. The number of imidazole rings is 2. The second-order valence-corrected chi connectivity index (χ2v) is 21.6. The molecule has 2 aliphatic heterocycles. The predicted molar refractivity (Wildman–Crippen MR) is 346 cm³/mol. The molecule has 0 amide bonds. The van der Waals surface area contributed by atoms with E-state index in [4.69, 9.17) is 66.1 Å². The van der Waals surface area contributed by atoms with Crippen LogP contribution in [-0.4, -0.2) is 93.1 Å². The molecule has 2 aliphatic rings. The van der Waals surface area contributed by atoms with Crippen LogP contribution in [0, 0.1) is 22.7 Å². The minimum atomic E-state index is -2.11. The molecule has 0 saturated carbocycles. The molecule has 4 aromatic heterocycles. The third-order valence-electron chi connectivity index (χ3n) is 15.6. The summed E-state index contributed by atoms with van der Waals surface area (Å²) in [4.78, 5) is 16.8. The highest BCUT2D eigenvalue weighted by Gasteiger charge is 2.69. The molecule has 6 aromatic carbocycles. The monoisotopic (exact) mass is 1250 g/mol. The topological polar surface area (TPSA) is 332 Å². The number of hydrogen-bond acceptors (Lipinski definition) is 21. The van der Waals surface area contributed by atoms with Gasteiger partial charge in [-0.3, -0.25) is 0 Å². The molecule has 9 N–H and O–H groups in total. The Balaban J connectivity index is 0.000000223. The van der Waals surface area contributed by atoms with Crippen molar-refractivity contribution in [1.29, 1.82) is 10.5 Å². The quantitative estimate of drug-likeness (QED) is 0.0421. The number of nitrogens with two attached hydrogens (primary N) is 4. The third kappa shape index (κ3) is 14.7. The summed E-state index contributed by atoms with van der Waals surface area (Å²) in [7, 11) is 0. The molecule has 478 valence electrons. The summed E-state index contributed by atoms with van der Waals surface area (Å²) in [6.45, 7) is 6.80. The van der Waals surface area contributed by atoms with E-state index in [-0.39, 0.29) is 101 Å². The predicted octanol–water partition coefficient (Wildman–Crippen LogP) is 9.60. The van der Waals surface area contributed by atoms with Gasteiger partial charge in [-0.15, -0.1) is 10.2 Å². The van der Waals surface area contributed by atoms with Crippen LogP contribution in [0.2, 0.25) is 0 Å². The second kappa shape index (κ2) is 30.8. The maximum Gasteiger partial charge on any atom is 0.244 e. The van der Waals surface area contributed by atoms with Gasteiger partial charge in [-0.25, -0.2) is 19.0 Å². The zero-order valence-corrected chi connectivity index (χ0v) is 49.9. The molecule has 2 unspecified atom stereocenters. The van der Waals surface area contributed by atoms with Crippen molar-refractivity contribution in [3.8, 4) is 12.1 Å². The molecule has 23 heteroatoms. The van der Waals surface area contributed by atoms with Crippen LogP contribution in [0.3, 0.4) is 0 Å². The van der Waals surface area contributed by atoms with E-state index in [0.717, 1.165) is 33.4 Å². The van der Waals surface area contributed by atoms with E-state index < -0.39 is 47.0 Å². The number of benzene rings is 6. The van der Waals surface area contributed by atoms with Crippen molar-refractivity contribution in [2.24, 2.45) is 0 Å². The van der Waals surface area contributed by atoms with Gasteiger partial charge in [-0.1, -0.05) is 197 Å². The molecule has 23 nitrogen and oxygen atoms in total. The van der Waals surface area contributed by atoms with Gasteiger partial charge < -0.3 is 65.9 Å². The molecule has 12 rings (SSSR count). The number of aliphatic hydroxyl groups is 1. The van der Waals surface area contributed by atoms with Gasteiger partial charge in [0.15, 0.2) is 28.5 Å². The average molecular weight is 1250 g/mol. The highest BCUT2D eigenvalue weighted by Crippen LogP contribution is 2.52. The van der Waals surface area contributed by atoms with Gasteiger partial charge >= 0.3 is 0 Å². The van der Waals surface area contributed by atoms with Crippen LogP contribution >= 0.6 is 0 Å². The van der Waals surface area contributed by atoms with E-state index >= 15 is 0 Å². The van der Waals surface area contributed by atoms with Crippen molar-refractivity contribution < 1.29 is 43.0 Å². The van der Waals surface area contributed by atoms with Gasteiger partial charge in [0.25, 0.3) is 0 Å². The minimum Gasteiger partial charge on any atom is -0.380 e. The first-order chi connectivity index (χ1) is 43.7. The SMILES string of the molecule is C.C.CC#N.C[C@@]1(OCc2ccccc2)[C@H](OCc2ccccc2)[C@@H](COCc2ccccc2)OC1(C#N)c1cnc2c(N)nc(N)nn12.C[C@@]1(OCc2ccccc2)[C@H](OCc2ccccc2)[C@@H](COCc2ccccc2)OC1(O)c1cnc2c(N)nc(N)nn12. The zero-order valence-electron chi connectivity index (χ0n) is 49.9. The molecule has 10 aromatic rings. The van der Waals surface area contributed by atoms with E-state index in [0.29, 0.717) is 13.2 Å². The smallest absolute Gasteiger partial charge is 0.244 e. The number of rotatable bonds is 22. The van der Waals surface area contributed by atoms with Gasteiger partial charge in [-0.05, 0) is 47.2 Å². The maximum atomic E-state index is 12.6. The number of ether oxygens (including phenoxy) is 8. The van der Waals surface area contributed by atoms with Crippen molar-refractivity contribution in [1.82, 2.24) is 39.2 Å². The summed E-state index contributed by atoms with van der Waals surface area (Å²) in [6.07, 6.45) is -0.0894. The van der Waals surface area contributed by atoms with Crippen LogP contribution in [-0.2, 0) is 88.9 Å². The Bertz CT molecular complexity index is 4020. The van der Waals surface area contributed by atoms with E-state index in [1.807, 2.05) is 189 Å². The Kier molecular flexibility index (Phi) is 22.8. The second-order valence-electron chi connectivity index (χ2n) is 21.6. The molecular weight excluding hydrogens is 1170 g/mol. The van der Waals surface area contributed by atoms with Gasteiger partial charge in [0.05, 0.1) is 71.3 Å². The lowest BCUT2D eigenvalue weighted by molar-refractivity contribution is -0.294. The van der Waals surface area contributed by atoms with Crippen molar-refractivity contribution in [3.63, 3.8) is 0 Å². The van der Waals surface area contributed by atoms with Crippen LogP contribution in [0.25, 0.3) is 11.3 Å². The summed E-state index contributed by atoms with van der Waals surface area (Å²) in [5, 5.41) is 39.6. The van der Waals surface area contributed by atoms with E-state index in [1.54, 1.807) is 13.0 Å². The summed E-state index contributed by atoms with van der Waals surface area (Å²) >= 11 is 0. The molecule has 6 heterocycles.